The molecule has 0 fully saturated rings. The standard InChI is InChI=1S/C20H38O6/c1-3-5-7-9-11-13-15-19(25,17(21)22)20(26,18(23)24)16-14-12-10-8-6-4-2/h25-26H,3-16H2,1-2H3,(H,21,22)(H,23,24). The Balaban J connectivity index is 4.79. The SMILES string of the molecule is CCCCCCCCC(O)(C(=O)O)C(O)(CCCCCCCC)C(=O)O. The van der Waals surface area contributed by atoms with Gasteiger partial charge in [-0.2, -0.15) is 0 Å². The highest BCUT2D eigenvalue weighted by Gasteiger charge is 2.59. The van der Waals surface area contributed by atoms with Gasteiger partial charge in [-0.25, -0.2) is 9.59 Å². The van der Waals surface area contributed by atoms with Crippen LogP contribution in [0.1, 0.15) is 104 Å². The Labute approximate surface area is 157 Å². The van der Waals surface area contributed by atoms with Crippen LogP contribution in [0.25, 0.3) is 0 Å². The van der Waals surface area contributed by atoms with Gasteiger partial charge in [0.25, 0.3) is 0 Å². The molecule has 0 amide bonds. The van der Waals surface area contributed by atoms with E-state index in [4.69, 9.17) is 0 Å². The van der Waals surface area contributed by atoms with Crippen molar-refractivity contribution in [2.75, 3.05) is 0 Å². The first-order valence-corrected chi connectivity index (χ1v) is 10.2. The van der Waals surface area contributed by atoms with Gasteiger partial charge in [0.15, 0.2) is 0 Å². The molecule has 0 aromatic heterocycles. The van der Waals surface area contributed by atoms with Crippen molar-refractivity contribution < 1.29 is 30.0 Å². The molecular weight excluding hydrogens is 336 g/mol. The fourth-order valence-electron chi connectivity index (χ4n) is 3.30. The molecule has 26 heavy (non-hydrogen) atoms. The van der Waals surface area contributed by atoms with Gasteiger partial charge in [0, 0.05) is 0 Å². The number of aliphatic carboxylic acids is 2. The first-order valence-electron chi connectivity index (χ1n) is 10.2. The third-order valence-corrected chi connectivity index (χ3v) is 5.18. The molecule has 6 heteroatoms. The van der Waals surface area contributed by atoms with Crippen LogP contribution in [-0.4, -0.2) is 43.6 Å². The van der Waals surface area contributed by atoms with Crippen LogP contribution in [-0.2, 0) is 9.59 Å². The van der Waals surface area contributed by atoms with Crippen LogP contribution in [0, 0.1) is 0 Å². The highest BCUT2D eigenvalue weighted by atomic mass is 16.5. The van der Waals surface area contributed by atoms with Crippen LogP contribution in [0.3, 0.4) is 0 Å². The molecular formula is C20H38O6. The molecule has 0 aromatic carbocycles. The Morgan fingerprint density at radius 2 is 0.846 bits per heavy atom. The zero-order chi connectivity index (χ0) is 20.1. The predicted octanol–water partition coefficient (Wildman–Crippen LogP) is 4.12. The molecule has 0 aromatic rings. The lowest BCUT2D eigenvalue weighted by Crippen LogP contribution is -2.63. The van der Waals surface area contributed by atoms with Crippen molar-refractivity contribution in [2.24, 2.45) is 0 Å². The van der Waals surface area contributed by atoms with E-state index >= 15 is 0 Å². The van der Waals surface area contributed by atoms with Gasteiger partial charge in [0.05, 0.1) is 0 Å². The maximum Gasteiger partial charge on any atom is 0.339 e. The minimum atomic E-state index is -2.66. The summed E-state index contributed by atoms with van der Waals surface area (Å²) in [6.07, 6.45) is 9.92. The van der Waals surface area contributed by atoms with Crippen LogP contribution in [0.4, 0.5) is 0 Å². The average Bonchev–Trinajstić information content (AvgIpc) is 2.60. The van der Waals surface area contributed by atoms with E-state index in [0.29, 0.717) is 25.7 Å². The minimum Gasteiger partial charge on any atom is -0.479 e. The molecule has 4 N–H and O–H groups in total. The molecule has 2 atom stereocenters. The number of carbonyl (C=O) groups is 2. The van der Waals surface area contributed by atoms with E-state index in [1.165, 1.54) is 0 Å². The summed E-state index contributed by atoms with van der Waals surface area (Å²) >= 11 is 0. The van der Waals surface area contributed by atoms with Crippen molar-refractivity contribution in [3.63, 3.8) is 0 Å². The second kappa shape index (κ2) is 13.1. The van der Waals surface area contributed by atoms with E-state index < -0.39 is 23.1 Å². The molecule has 2 unspecified atom stereocenters. The summed E-state index contributed by atoms with van der Waals surface area (Å²) < 4.78 is 0. The number of carboxylic acid groups (broad SMARTS) is 2. The second-order valence-electron chi connectivity index (χ2n) is 7.37. The summed E-state index contributed by atoms with van der Waals surface area (Å²) in [5.41, 5.74) is -5.32. The monoisotopic (exact) mass is 374 g/mol. The smallest absolute Gasteiger partial charge is 0.339 e. The molecule has 0 bridgehead atoms. The molecule has 154 valence electrons. The molecule has 0 aliphatic carbocycles. The molecule has 0 heterocycles. The molecule has 0 aliphatic heterocycles. The Morgan fingerprint density at radius 1 is 0.577 bits per heavy atom. The molecule has 0 radical (unpaired) electrons. The summed E-state index contributed by atoms with van der Waals surface area (Å²) in [6.45, 7) is 4.19. The number of rotatable bonds is 17. The maximum absolute atomic E-state index is 11.6. The molecule has 0 rings (SSSR count). The van der Waals surface area contributed by atoms with E-state index in [1.54, 1.807) is 0 Å². The normalized spacial score (nSPS) is 16.0. The van der Waals surface area contributed by atoms with Gasteiger partial charge in [0.1, 0.15) is 0 Å². The predicted molar refractivity (Wildman–Crippen MR) is 101 cm³/mol. The van der Waals surface area contributed by atoms with Crippen molar-refractivity contribution in [1.82, 2.24) is 0 Å². The number of carboxylic acids is 2. The summed E-state index contributed by atoms with van der Waals surface area (Å²) in [6, 6.07) is 0. The fourth-order valence-corrected chi connectivity index (χ4v) is 3.30. The van der Waals surface area contributed by atoms with Crippen molar-refractivity contribution in [3.8, 4) is 0 Å². The summed E-state index contributed by atoms with van der Waals surface area (Å²) in [7, 11) is 0. The minimum absolute atomic E-state index is 0.257. The number of hydrogen-bond acceptors (Lipinski definition) is 4. The Bertz CT molecular complexity index is 373. The van der Waals surface area contributed by atoms with Crippen molar-refractivity contribution in [3.05, 3.63) is 0 Å². The topological polar surface area (TPSA) is 115 Å². The van der Waals surface area contributed by atoms with Gasteiger partial charge >= 0.3 is 11.9 Å². The Kier molecular flexibility index (Phi) is 12.5. The Morgan fingerprint density at radius 3 is 1.12 bits per heavy atom. The number of hydrogen-bond donors (Lipinski definition) is 4. The molecule has 0 saturated carbocycles. The maximum atomic E-state index is 11.6. The number of unbranched alkanes of at least 4 members (excludes halogenated alkanes) is 10. The van der Waals surface area contributed by atoms with E-state index in [9.17, 15) is 30.0 Å². The van der Waals surface area contributed by atoms with Crippen LogP contribution in [0.15, 0.2) is 0 Å². The third kappa shape index (κ3) is 7.62. The van der Waals surface area contributed by atoms with Gasteiger partial charge in [0.2, 0.25) is 11.2 Å². The second-order valence-corrected chi connectivity index (χ2v) is 7.37. The van der Waals surface area contributed by atoms with E-state index in [-0.39, 0.29) is 12.8 Å². The van der Waals surface area contributed by atoms with Crippen LogP contribution >= 0.6 is 0 Å². The number of aliphatic hydroxyl groups is 2. The van der Waals surface area contributed by atoms with E-state index in [1.807, 2.05) is 0 Å². The van der Waals surface area contributed by atoms with Crippen LogP contribution in [0.2, 0.25) is 0 Å². The first kappa shape index (κ1) is 24.9. The van der Waals surface area contributed by atoms with Gasteiger partial charge < -0.3 is 20.4 Å². The van der Waals surface area contributed by atoms with E-state index in [0.717, 1.165) is 51.4 Å². The summed E-state index contributed by atoms with van der Waals surface area (Å²) in [5, 5.41) is 40.1. The summed E-state index contributed by atoms with van der Waals surface area (Å²) in [5.74, 6) is -3.33. The van der Waals surface area contributed by atoms with Gasteiger partial charge in [-0.3, -0.25) is 0 Å². The lowest BCUT2D eigenvalue weighted by molar-refractivity contribution is -0.210. The first-order chi connectivity index (χ1) is 12.3. The highest BCUT2D eigenvalue weighted by molar-refractivity contribution is 5.90. The van der Waals surface area contributed by atoms with Crippen molar-refractivity contribution in [1.29, 1.82) is 0 Å². The van der Waals surface area contributed by atoms with Gasteiger partial charge in [-0.05, 0) is 25.7 Å². The van der Waals surface area contributed by atoms with Crippen LogP contribution in [0.5, 0.6) is 0 Å². The largest absolute Gasteiger partial charge is 0.479 e. The Hall–Kier alpha value is -1.14. The molecule has 6 nitrogen and oxygen atoms in total. The lowest BCUT2D eigenvalue weighted by Gasteiger charge is -2.37. The van der Waals surface area contributed by atoms with Gasteiger partial charge in [-0.1, -0.05) is 78.1 Å². The molecule has 0 saturated heterocycles. The molecule has 0 spiro atoms. The fraction of sp³-hybridized carbons (Fsp3) is 0.900. The zero-order valence-corrected chi connectivity index (χ0v) is 16.5. The van der Waals surface area contributed by atoms with E-state index in [2.05, 4.69) is 13.8 Å². The average molecular weight is 375 g/mol. The third-order valence-electron chi connectivity index (χ3n) is 5.18. The van der Waals surface area contributed by atoms with Crippen LogP contribution < -0.4 is 0 Å². The summed E-state index contributed by atoms with van der Waals surface area (Å²) in [4.78, 5) is 23.3. The van der Waals surface area contributed by atoms with Crippen molar-refractivity contribution >= 4 is 11.9 Å². The quantitative estimate of drug-likeness (QED) is 0.285. The van der Waals surface area contributed by atoms with Crippen molar-refractivity contribution in [2.45, 2.75) is 115 Å². The lowest BCUT2D eigenvalue weighted by atomic mass is 9.75. The highest BCUT2D eigenvalue weighted by Crippen LogP contribution is 2.34. The van der Waals surface area contributed by atoms with Gasteiger partial charge in [-0.15, -0.1) is 0 Å². The molecule has 0 aliphatic rings. The zero-order valence-electron chi connectivity index (χ0n) is 16.5.